The van der Waals surface area contributed by atoms with Crippen molar-refractivity contribution in [2.45, 2.75) is 45.8 Å². The minimum absolute atomic E-state index is 0. The number of hydrogen-bond donors (Lipinski definition) is 0. The maximum Gasteiger partial charge on any atom is 0.697 e. The maximum absolute atomic E-state index is 11.4. The summed E-state index contributed by atoms with van der Waals surface area (Å²) in [7, 11) is -0.717. The van der Waals surface area contributed by atoms with E-state index in [0.29, 0.717) is 6.54 Å². The van der Waals surface area contributed by atoms with E-state index in [1.165, 1.54) is 12.7 Å². The lowest BCUT2D eigenvalue weighted by atomic mass is 9.95. The molecule has 0 aliphatic carbocycles. The van der Waals surface area contributed by atoms with E-state index in [1.807, 2.05) is 18.3 Å². The van der Waals surface area contributed by atoms with Crippen LogP contribution in [0.25, 0.3) is 5.57 Å². The first kappa shape index (κ1) is 23.5. The summed E-state index contributed by atoms with van der Waals surface area (Å²) in [4.78, 5) is 0.751. The molecule has 2 unspecified atom stereocenters. The predicted octanol–water partition coefficient (Wildman–Crippen LogP) is 4.67. The Hall–Kier alpha value is -1.50. The minimum Gasteiger partial charge on any atom is -0.870 e. The van der Waals surface area contributed by atoms with E-state index in [-0.39, 0.29) is 18.2 Å². The van der Waals surface area contributed by atoms with Crippen LogP contribution in [0.3, 0.4) is 0 Å². The Kier molecular flexibility index (Phi) is 10.5. The van der Waals surface area contributed by atoms with Crippen LogP contribution in [0.2, 0.25) is 0 Å². The lowest BCUT2D eigenvalue weighted by Gasteiger charge is -2.16. The van der Waals surface area contributed by atoms with Gasteiger partial charge in [0.2, 0.25) is 11.8 Å². The monoisotopic (exact) mass is 412 g/mol. The molecule has 1 aliphatic rings. The SMILES string of the molecule is CC=C(CCCC)c1ccc[n+](CCO[P+](=O)OC)c1C1OC=CC1=S.[OH-]. The van der Waals surface area contributed by atoms with Gasteiger partial charge in [-0.05, 0) is 37.5 Å². The molecular formula is C19H27NO5PS+. The van der Waals surface area contributed by atoms with Gasteiger partial charge in [-0.1, -0.05) is 31.6 Å². The van der Waals surface area contributed by atoms with Crippen molar-refractivity contribution in [3.8, 4) is 0 Å². The average Bonchev–Trinajstić information content (AvgIpc) is 3.08. The quantitative estimate of drug-likeness (QED) is 0.316. The topological polar surface area (TPSA) is 78.6 Å². The largest absolute Gasteiger partial charge is 0.870 e. The van der Waals surface area contributed by atoms with Crippen molar-refractivity contribution < 1.29 is 28.4 Å². The standard InChI is InChI=1S/C19H26NO4PS.H2O/c1-4-6-8-15(5-2)16-9-7-11-20(12-14-24-25(21)22-3)18(16)19-17(26)10-13-23-19;/h5,7,9-11,13,19H,4,6,8,12,14H2,1-3H3;1H2/q+2;/p-1. The molecule has 0 amide bonds. The molecule has 1 aliphatic heterocycles. The van der Waals surface area contributed by atoms with Crippen LogP contribution in [0, 0.1) is 0 Å². The van der Waals surface area contributed by atoms with Crippen LogP contribution in [-0.4, -0.2) is 24.1 Å². The molecule has 2 heterocycles. The third kappa shape index (κ3) is 6.26. The van der Waals surface area contributed by atoms with E-state index < -0.39 is 8.25 Å². The van der Waals surface area contributed by atoms with Gasteiger partial charge in [-0.2, -0.15) is 4.57 Å². The Bertz CT molecular complexity index is 720. The first-order chi connectivity index (χ1) is 12.6. The zero-order chi connectivity index (χ0) is 18.9. The summed E-state index contributed by atoms with van der Waals surface area (Å²) in [6.45, 7) is 5.05. The van der Waals surface area contributed by atoms with Gasteiger partial charge in [0.15, 0.2) is 19.3 Å². The highest BCUT2D eigenvalue weighted by Gasteiger charge is 2.33. The van der Waals surface area contributed by atoms with Gasteiger partial charge in [0.05, 0.1) is 18.2 Å². The number of nitrogens with zero attached hydrogens (tertiary/aromatic N) is 1. The van der Waals surface area contributed by atoms with Crippen molar-refractivity contribution in [1.29, 1.82) is 0 Å². The Morgan fingerprint density at radius 1 is 1.48 bits per heavy atom. The molecule has 1 N–H and O–H groups in total. The summed E-state index contributed by atoms with van der Waals surface area (Å²) < 4.78 is 29.1. The number of thiocarbonyl (C=S) groups is 1. The van der Waals surface area contributed by atoms with Gasteiger partial charge in [0.25, 0.3) is 0 Å². The molecule has 0 fully saturated rings. The number of hydrogen-bond acceptors (Lipinski definition) is 6. The molecule has 0 bridgehead atoms. The van der Waals surface area contributed by atoms with Gasteiger partial charge in [-0.3, -0.25) is 0 Å². The zero-order valence-corrected chi connectivity index (χ0v) is 17.7. The number of rotatable bonds is 10. The number of unbranched alkanes of at least 4 members (excludes halogenated alkanes) is 1. The summed E-state index contributed by atoms with van der Waals surface area (Å²) in [5.41, 5.74) is 3.41. The molecule has 0 saturated carbocycles. The van der Waals surface area contributed by atoms with Crippen LogP contribution in [0.5, 0.6) is 0 Å². The van der Waals surface area contributed by atoms with Crippen molar-refractivity contribution in [2.75, 3.05) is 13.7 Å². The first-order valence-electron chi connectivity index (χ1n) is 8.80. The molecule has 0 aromatic carbocycles. The molecule has 1 aromatic rings. The van der Waals surface area contributed by atoms with Gasteiger partial charge >= 0.3 is 8.25 Å². The number of pyridine rings is 1. The van der Waals surface area contributed by atoms with Gasteiger partial charge in [-0.15, -0.1) is 9.05 Å². The smallest absolute Gasteiger partial charge is 0.697 e. The Morgan fingerprint density at radius 2 is 2.26 bits per heavy atom. The maximum atomic E-state index is 11.4. The molecule has 0 spiro atoms. The van der Waals surface area contributed by atoms with Crippen LogP contribution < -0.4 is 4.57 Å². The summed E-state index contributed by atoms with van der Waals surface area (Å²) in [5, 5.41) is 0. The number of aromatic nitrogens is 1. The fourth-order valence-corrected chi connectivity index (χ4v) is 3.49. The van der Waals surface area contributed by atoms with E-state index in [4.69, 9.17) is 21.5 Å². The second-order valence-electron chi connectivity index (χ2n) is 5.88. The number of allylic oxidation sites excluding steroid dienone is 2. The van der Waals surface area contributed by atoms with E-state index in [0.717, 1.165) is 35.4 Å². The van der Waals surface area contributed by atoms with Crippen LogP contribution in [0.4, 0.5) is 0 Å². The third-order valence-electron chi connectivity index (χ3n) is 4.24. The van der Waals surface area contributed by atoms with Crippen molar-refractivity contribution in [3.63, 3.8) is 0 Å². The van der Waals surface area contributed by atoms with E-state index in [1.54, 1.807) is 6.26 Å². The Labute approximate surface area is 167 Å². The summed E-state index contributed by atoms with van der Waals surface area (Å²) in [6.07, 6.45) is 10.6. The van der Waals surface area contributed by atoms with Crippen LogP contribution in [0.1, 0.15) is 50.5 Å². The van der Waals surface area contributed by atoms with Gasteiger partial charge < -0.3 is 10.2 Å². The molecular weight excluding hydrogens is 385 g/mol. The molecule has 2 rings (SSSR count). The Balaban J connectivity index is 0.00000364. The first-order valence-corrected chi connectivity index (χ1v) is 10.3. The summed E-state index contributed by atoms with van der Waals surface area (Å²) >= 11 is 5.48. The van der Waals surface area contributed by atoms with Gasteiger partial charge in [0.1, 0.15) is 0 Å². The van der Waals surface area contributed by atoms with Crippen molar-refractivity contribution >= 4 is 30.9 Å². The highest BCUT2D eigenvalue weighted by atomic mass is 32.1. The fraction of sp³-hybridized carbons (Fsp3) is 0.474. The highest BCUT2D eigenvalue weighted by molar-refractivity contribution is 7.80. The molecule has 6 nitrogen and oxygen atoms in total. The van der Waals surface area contributed by atoms with E-state index >= 15 is 0 Å². The van der Waals surface area contributed by atoms with Crippen LogP contribution in [-0.2, 0) is 24.9 Å². The average molecular weight is 412 g/mol. The fourth-order valence-electron chi connectivity index (χ4n) is 2.93. The van der Waals surface area contributed by atoms with Crippen molar-refractivity contribution in [1.82, 2.24) is 0 Å². The second-order valence-corrected chi connectivity index (χ2v) is 7.42. The summed E-state index contributed by atoms with van der Waals surface area (Å²) in [6, 6.07) is 4.12. The predicted molar refractivity (Wildman–Crippen MR) is 108 cm³/mol. The van der Waals surface area contributed by atoms with Crippen molar-refractivity contribution in [3.05, 3.63) is 48.0 Å². The molecule has 1 aromatic heterocycles. The van der Waals surface area contributed by atoms with E-state index in [2.05, 4.69) is 35.1 Å². The molecule has 148 valence electrons. The van der Waals surface area contributed by atoms with E-state index in [9.17, 15) is 4.57 Å². The van der Waals surface area contributed by atoms with Gasteiger partial charge in [-0.25, -0.2) is 0 Å². The van der Waals surface area contributed by atoms with Crippen LogP contribution >= 0.6 is 20.5 Å². The lowest BCUT2D eigenvalue weighted by molar-refractivity contribution is -0.707. The highest BCUT2D eigenvalue weighted by Crippen LogP contribution is 2.31. The molecule has 8 heteroatoms. The minimum atomic E-state index is -2.08. The number of ether oxygens (including phenoxy) is 1. The van der Waals surface area contributed by atoms with Crippen LogP contribution in [0.15, 0.2) is 36.7 Å². The third-order valence-corrected chi connectivity index (χ3v) is 5.28. The Morgan fingerprint density at radius 3 is 2.85 bits per heavy atom. The van der Waals surface area contributed by atoms with Gasteiger partial charge in [0, 0.05) is 16.2 Å². The normalized spacial score (nSPS) is 16.9. The summed E-state index contributed by atoms with van der Waals surface area (Å²) in [5.74, 6) is 0. The second kappa shape index (κ2) is 12.1. The zero-order valence-electron chi connectivity index (χ0n) is 16.0. The molecule has 0 saturated heterocycles. The molecule has 27 heavy (non-hydrogen) atoms. The molecule has 2 atom stereocenters. The van der Waals surface area contributed by atoms with Crippen molar-refractivity contribution in [2.24, 2.45) is 0 Å². The lowest BCUT2D eigenvalue weighted by Crippen LogP contribution is -2.43. The molecule has 0 radical (unpaired) electrons.